The standard InChI is InChI=1S/C19H32N4O3S/c1-16(2)15-22(13-12-21(3)4)19(24)20-10-14-27(25,26)23-11-9-17-7-5-6-8-18(17)23/h5-8,16H,9-15H2,1-4H3,(H,20,24). The number of para-hydroxylation sites is 1. The van der Waals surface area contributed by atoms with Crippen molar-refractivity contribution in [3.05, 3.63) is 29.8 Å². The molecule has 1 aliphatic rings. The number of carbonyl (C=O) groups excluding carboxylic acids is 1. The molecule has 1 aromatic carbocycles. The summed E-state index contributed by atoms with van der Waals surface area (Å²) in [4.78, 5) is 16.3. The van der Waals surface area contributed by atoms with Gasteiger partial charge >= 0.3 is 6.03 Å². The SMILES string of the molecule is CC(C)CN(CCN(C)C)C(=O)NCCS(=O)(=O)N1CCc2ccccc21. The van der Waals surface area contributed by atoms with Crippen LogP contribution in [0.4, 0.5) is 10.5 Å². The number of hydrogen-bond acceptors (Lipinski definition) is 4. The van der Waals surface area contributed by atoms with Crippen LogP contribution in [-0.2, 0) is 16.4 Å². The summed E-state index contributed by atoms with van der Waals surface area (Å²) in [6, 6.07) is 7.36. The molecule has 0 aromatic heterocycles. The number of amides is 2. The molecule has 1 aliphatic heterocycles. The highest BCUT2D eigenvalue weighted by Crippen LogP contribution is 2.29. The second-order valence-electron chi connectivity index (χ2n) is 7.64. The first-order chi connectivity index (χ1) is 12.7. The Morgan fingerprint density at radius 1 is 1.22 bits per heavy atom. The maximum absolute atomic E-state index is 12.7. The highest BCUT2D eigenvalue weighted by Gasteiger charge is 2.29. The fraction of sp³-hybridized carbons (Fsp3) is 0.632. The number of likely N-dealkylation sites (N-methyl/N-ethyl adjacent to an activating group) is 1. The van der Waals surface area contributed by atoms with Crippen LogP contribution in [0.2, 0.25) is 0 Å². The number of fused-ring (bicyclic) bond motifs is 1. The number of rotatable bonds is 9. The molecule has 0 atom stereocenters. The summed E-state index contributed by atoms with van der Waals surface area (Å²) < 4.78 is 26.9. The van der Waals surface area contributed by atoms with Gasteiger partial charge < -0.3 is 15.1 Å². The normalized spacial score (nSPS) is 13.9. The first kappa shape index (κ1) is 21.5. The van der Waals surface area contributed by atoms with Gasteiger partial charge in [-0.1, -0.05) is 32.0 Å². The third-order valence-electron chi connectivity index (χ3n) is 4.51. The largest absolute Gasteiger partial charge is 0.337 e. The summed E-state index contributed by atoms with van der Waals surface area (Å²) in [5.74, 6) is 0.249. The lowest BCUT2D eigenvalue weighted by Crippen LogP contribution is -2.46. The van der Waals surface area contributed by atoms with Crippen LogP contribution in [0.15, 0.2) is 24.3 Å². The van der Waals surface area contributed by atoms with Gasteiger partial charge in [-0.05, 0) is 38.1 Å². The third-order valence-corrected chi connectivity index (χ3v) is 6.28. The van der Waals surface area contributed by atoms with Gasteiger partial charge in [0.05, 0.1) is 11.4 Å². The molecule has 8 heteroatoms. The van der Waals surface area contributed by atoms with Crippen molar-refractivity contribution in [1.29, 1.82) is 0 Å². The van der Waals surface area contributed by atoms with Crippen molar-refractivity contribution < 1.29 is 13.2 Å². The maximum atomic E-state index is 12.7. The Balaban J connectivity index is 1.90. The van der Waals surface area contributed by atoms with Crippen molar-refractivity contribution >= 4 is 21.7 Å². The molecule has 0 spiro atoms. The van der Waals surface area contributed by atoms with Gasteiger partial charge in [0.2, 0.25) is 10.0 Å². The van der Waals surface area contributed by atoms with Crippen LogP contribution in [0, 0.1) is 5.92 Å². The van der Waals surface area contributed by atoms with Crippen LogP contribution in [-0.4, -0.2) is 76.8 Å². The molecule has 7 nitrogen and oxygen atoms in total. The van der Waals surface area contributed by atoms with E-state index in [9.17, 15) is 13.2 Å². The summed E-state index contributed by atoms with van der Waals surface area (Å²) >= 11 is 0. The molecule has 2 amide bonds. The Hall–Kier alpha value is -1.80. The summed E-state index contributed by atoms with van der Waals surface area (Å²) in [6.45, 7) is 6.73. The fourth-order valence-electron chi connectivity index (χ4n) is 3.14. The van der Waals surface area contributed by atoms with Crippen molar-refractivity contribution in [2.24, 2.45) is 5.92 Å². The van der Waals surface area contributed by atoms with Crippen LogP contribution in [0.25, 0.3) is 0 Å². The number of anilines is 1. The van der Waals surface area contributed by atoms with Gasteiger partial charge in [0.1, 0.15) is 0 Å². The van der Waals surface area contributed by atoms with E-state index < -0.39 is 10.0 Å². The highest BCUT2D eigenvalue weighted by molar-refractivity contribution is 7.92. The van der Waals surface area contributed by atoms with Gasteiger partial charge in [0.25, 0.3) is 0 Å². The molecule has 1 N–H and O–H groups in total. The molecule has 0 bridgehead atoms. The number of carbonyl (C=O) groups is 1. The number of nitrogens with zero attached hydrogens (tertiary/aromatic N) is 3. The van der Waals surface area contributed by atoms with Crippen molar-refractivity contribution in [2.45, 2.75) is 20.3 Å². The van der Waals surface area contributed by atoms with Crippen molar-refractivity contribution in [2.75, 3.05) is 56.9 Å². The van der Waals surface area contributed by atoms with Gasteiger partial charge in [0.15, 0.2) is 0 Å². The number of hydrogen-bond donors (Lipinski definition) is 1. The number of nitrogens with one attached hydrogen (secondary N) is 1. The molecular weight excluding hydrogens is 364 g/mol. The maximum Gasteiger partial charge on any atom is 0.317 e. The minimum Gasteiger partial charge on any atom is -0.337 e. The van der Waals surface area contributed by atoms with Gasteiger partial charge in [-0.15, -0.1) is 0 Å². The summed E-state index contributed by atoms with van der Waals surface area (Å²) in [7, 11) is 0.477. The second-order valence-corrected chi connectivity index (χ2v) is 9.65. The Morgan fingerprint density at radius 3 is 2.59 bits per heavy atom. The first-order valence-corrected chi connectivity index (χ1v) is 11.1. The average Bonchev–Trinajstić information content (AvgIpc) is 3.02. The van der Waals surface area contributed by atoms with Crippen molar-refractivity contribution in [1.82, 2.24) is 15.1 Å². The van der Waals surface area contributed by atoms with E-state index in [1.807, 2.05) is 43.3 Å². The Kier molecular flexibility index (Phi) is 7.49. The van der Waals surface area contributed by atoms with Crippen LogP contribution in [0.3, 0.4) is 0 Å². The van der Waals surface area contributed by atoms with E-state index in [1.54, 1.807) is 4.90 Å². The van der Waals surface area contributed by atoms with Gasteiger partial charge in [0, 0.05) is 32.7 Å². The van der Waals surface area contributed by atoms with Crippen molar-refractivity contribution in [3.63, 3.8) is 0 Å². The lowest BCUT2D eigenvalue weighted by molar-refractivity contribution is 0.185. The topological polar surface area (TPSA) is 73.0 Å². The minimum absolute atomic E-state index is 0.101. The van der Waals surface area contributed by atoms with Crippen LogP contribution in [0.1, 0.15) is 19.4 Å². The molecule has 0 fully saturated rings. The number of benzene rings is 1. The summed E-state index contributed by atoms with van der Waals surface area (Å²) in [6.07, 6.45) is 0.731. The fourth-order valence-corrected chi connectivity index (χ4v) is 4.57. The lowest BCUT2D eigenvalue weighted by atomic mass is 10.2. The Morgan fingerprint density at radius 2 is 1.93 bits per heavy atom. The molecule has 0 radical (unpaired) electrons. The number of sulfonamides is 1. The molecule has 0 unspecified atom stereocenters. The molecule has 27 heavy (non-hydrogen) atoms. The lowest BCUT2D eigenvalue weighted by Gasteiger charge is -2.26. The first-order valence-electron chi connectivity index (χ1n) is 9.46. The van der Waals surface area contributed by atoms with Crippen molar-refractivity contribution in [3.8, 4) is 0 Å². The number of urea groups is 1. The summed E-state index contributed by atoms with van der Waals surface area (Å²) in [5, 5.41) is 2.78. The molecule has 0 aliphatic carbocycles. The summed E-state index contributed by atoms with van der Waals surface area (Å²) in [5.41, 5.74) is 1.81. The zero-order valence-corrected chi connectivity index (χ0v) is 17.6. The quantitative estimate of drug-likeness (QED) is 0.688. The van der Waals surface area contributed by atoms with Gasteiger partial charge in [-0.2, -0.15) is 0 Å². The van der Waals surface area contributed by atoms with Gasteiger partial charge in [-0.3, -0.25) is 4.31 Å². The molecule has 0 saturated heterocycles. The van der Waals surface area contributed by atoms with E-state index in [0.29, 0.717) is 25.6 Å². The molecule has 2 rings (SSSR count). The highest BCUT2D eigenvalue weighted by atomic mass is 32.2. The zero-order valence-electron chi connectivity index (χ0n) is 16.8. The zero-order chi connectivity index (χ0) is 20.0. The molecular formula is C19H32N4O3S. The monoisotopic (exact) mass is 396 g/mol. The Bertz CT molecular complexity index is 734. The van der Waals surface area contributed by atoms with E-state index in [2.05, 4.69) is 19.2 Å². The average molecular weight is 397 g/mol. The van der Waals surface area contributed by atoms with Gasteiger partial charge in [-0.25, -0.2) is 13.2 Å². The van der Waals surface area contributed by atoms with E-state index in [4.69, 9.17) is 0 Å². The van der Waals surface area contributed by atoms with Crippen LogP contribution in [0.5, 0.6) is 0 Å². The molecule has 1 aromatic rings. The minimum atomic E-state index is -3.45. The third kappa shape index (κ3) is 6.10. The van der Waals surface area contributed by atoms with E-state index >= 15 is 0 Å². The predicted octanol–water partition coefficient (Wildman–Crippen LogP) is 1.61. The molecule has 1 heterocycles. The van der Waals surface area contributed by atoms with Crippen LogP contribution < -0.4 is 9.62 Å². The Labute approximate surface area is 163 Å². The molecule has 0 saturated carbocycles. The second kappa shape index (κ2) is 9.41. The van der Waals surface area contributed by atoms with E-state index in [-0.39, 0.29) is 18.3 Å². The van der Waals surface area contributed by atoms with E-state index in [1.165, 1.54) is 4.31 Å². The molecule has 152 valence electrons. The predicted molar refractivity (Wildman–Crippen MR) is 110 cm³/mol. The van der Waals surface area contributed by atoms with Crippen LogP contribution >= 0.6 is 0 Å². The smallest absolute Gasteiger partial charge is 0.317 e. The van der Waals surface area contributed by atoms with E-state index in [0.717, 1.165) is 24.2 Å².